The molecule has 3 heterocycles. The fraction of sp³-hybridized carbons (Fsp3) is 0.273. The molecule has 0 atom stereocenters. The number of fused-ring (bicyclic) bond motifs is 1. The highest BCUT2D eigenvalue weighted by Gasteiger charge is 2.21. The number of hydrogen-bond donors (Lipinski definition) is 0. The molecule has 8 heteroatoms. The minimum atomic E-state index is 0.00723. The van der Waals surface area contributed by atoms with Crippen molar-refractivity contribution in [3.63, 3.8) is 0 Å². The molecule has 1 amide bonds. The third kappa shape index (κ3) is 4.23. The van der Waals surface area contributed by atoms with Crippen molar-refractivity contribution < 1.29 is 9.21 Å². The summed E-state index contributed by atoms with van der Waals surface area (Å²) in [5, 5.41) is 5.14. The molecule has 0 aliphatic heterocycles. The molecule has 4 rings (SSSR count). The van der Waals surface area contributed by atoms with Crippen LogP contribution in [0.2, 0.25) is 0 Å². The monoisotopic (exact) mass is 421 g/mol. The van der Waals surface area contributed by atoms with Gasteiger partial charge >= 0.3 is 0 Å². The lowest BCUT2D eigenvalue weighted by atomic mass is 10.1. The summed E-state index contributed by atoms with van der Waals surface area (Å²) in [6.45, 7) is 4.79. The predicted octanol–water partition coefficient (Wildman–Crippen LogP) is 3.83. The van der Waals surface area contributed by atoms with Gasteiger partial charge < -0.3 is 9.32 Å². The fourth-order valence-corrected chi connectivity index (χ4v) is 3.76. The number of hydrogen-bond acceptors (Lipinski definition) is 6. The van der Waals surface area contributed by atoms with E-state index in [0.29, 0.717) is 24.0 Å². The first-order chi connectivity index (χ1) is 14.5. The first kappa shape index (κ1) is 20.2. The van der Waals surface area contributed by atoms with Gasteiger partial charge in [0.15, 0.2) is 0 Å². The van der Waals surface area contributed by atoms with Crippen molar-refractivity contribution in [1.82, 2.24) is 24.5 Å². The van der Waals surface area contributed by atoms with Crippen LogP contribution in [0.15, 0.2) is 58.3 Å². The quantitative estimate of drug-likeness (QED) is 0.422. The van der Waals surface area contributed by atoms with Gasteiger partial charge in [0, 0.05) is 23.5 Å². The Hall–Kier alpha value is -3.13. The molecule has 0 bridgehead atoms. The van der Waals surface area contributed by atoms with Crippen LogP contribution in [0.4, 0.5) is 0 Å². The zero-order chi connectivity index (χ0) is 21.1. The van der Waals surface area contributed by atoms with Crippen LogP contribution in [0.3, 0.4) is 0 Å². The number of rotatable bonds is 7. The molecule has 0 unspecified atom stereocenters. The second-order valence-corrected chi connectivity index (χ2v) is 7.84. The molecule has 0 spiro atoms. The van der Waals surface area contributed by atoms with Gasteiger partial charge in [0.1, 0.15) is 5.76 Å². The summed E-state index contributed by atoms with van der Waals surface area (Å²) in [7, 11) is 0. The van der Waals surface area contributed by atoms with Crippen molar-refractivity contribution in [3.8, 4) is 0 Å². The van der Waals surface area contributed by atoms with Crippen LogP contribution in [0, 0.1) is 13.8 Å². The number of nitrogens with zero attached hydrogens (tertiary/aromatic N) is 5. The molecule has 1 aromatic carbocycles. The van der Waals surface area contributed by atoms with Crippen molar-refractivity contribution in [2.45, 2.75) is 38.5 Å². The van der Waals surface area contributed by atoms with Crippen LogP contribution in [-0.4, -0.2) is 36.6 Å². The number of furan rings is 1. The molecular weight excluding hydrogens is 398 g/mol. The van der Waals surface area contributed by atoms with Crippen LogP contribution in [0.5, 0.6) is 0 Å². The summed E-state index contributed by atoms with van der Waals surface area (Å²) in [6, 6.07) is 13.7. The van der Waals surface area contributed by atoms with Crippen LogP contribution in [0.1, 0.15) is 28.3 Å². The van der Waals surface area contributed by atoms with Crippen molar-refractivity contribution in [3.05, 3.63) is 77.0 Å². The zero-order valence-corrected chi connectivity index (χ0v) is 18.0. The number of carbonyl (C=O) groups is 1. The Labute approximate surface area is 179 Å². The minimum absolute atomic E-state index is 0.00723. The van der Waals surface area contributed by atoms with E-state index >= 15 is 0 Å². The number of thioether (sulfide) groups is 1. The zero-order valence-electron chi connectivity index (χ0n) is 17.2. The molecule has 0 saturated carbocycles. The fourth-order valence-electron chi connectivity index (χ4n) is 3.42. The van der Waals surface area contributed by atoms with E-state index < -0.39 is 0 Å². The largest absolute Gasteiger partial charge is 0.467 e. The number of benzene rings is 1. The summed E-state index contributed by atoms with van der Waals surface area (Å²) in [5.41, 5.74) is 3.63. The van der Waals surface area contributed by atoms with Gasteiger partial charge in [0.25, 0.3) is 5.78 Å². The number of amides is 1. The average molecular weight is 422 g/mol. The summed E-state index contributed by atoms with van der Waals surface area (Å²) in [6.07, 6.45) is 3.79. The number of aryl methyl sites for hydroxylation is 2. The number of carbonyl (C=O) groups excluding carboxylic acids is 1. The predicted molar refractivity (Wildman–Crippen MR) is 115 cm³/mol. The Morgan fingerprint density at radius 3 is 2.60 bits per heavy atom. The third-order valence-electron chi connectivity index (χ3n) is 5.04. The molecule has 0 aliphatic carbocycles. The van der Waals surface area contributed by atoms with Gasteiger partial charge in [-0.15, -0.1) is 5.10 Å². The van der Waals surface area contributed by atoms with E-state index in [4.69, 9.17) is 4.42 Å². The Balaban J connectivity index is 1.63. The van der Waals surface area contributed by atoms with E-state index in [1.165, 1.54) is 11.8 Å². The SMILES string of the molecule is CSc1nc2nc(C)c(CC(=O)N(Cc3ccccc3)Cc3ccco3)c(C)n2n1. The summed E-state index contributed by atoms with van der Waals surface area (Å²) in [5.74, 6) is 1.32. The lowest BCUT2D eigenvalue weighted by Crippen LogP contribution is -2.32. The molecular formula is C22H23N5O2S. The second-order valence-electron chi connectivity index (χ2n) is 7.06. The van der Waals surface area contributed by atoms with E-state index in [0.717, 1.165) is 28.3 Å². The van der Waals surface area contributed by atoms with Crippen molar-refractivity contribution in [1.29, 1.82) is 0 Å². The van der Waals surface area contributed by atoms with Gasteiger partial charge in [-0.3, -0.25) is 4.79 Å². The minimum Gasteiger partial charge on any atom is -0.467 e. The maximum absolute atomic E-state index is 13.4. The lowest BCUT2D eigenvalue weighted by molar-refractivity contribution is -0.132. The van der Waals surface area contributed by atoms with Crippen LogP contribution in [0.25, 0.3) is 5.78 Å². The highest BCUT2D eigenvalue weighted by atomic mass is 32.2. The van der Waals surface area contributed by atoms with Crippen LogP contribution >= 0.6 is 11.8 Å². The van der Waals surface area contributed by atoms with Crippen molar-refractivity contribution in [2.75, 3.05) is 6.26 Å². The smallest absolute Gasteiger partial charge is 0.253 e. The maximum atomic E-state index is 13.4. The standard InChI is InChI=1S/C22H23N5O2S/c1-15-19(16(2)27-21(23-15)24-22(25-27)30-3)12-20(28)26(14-18-10-7-11-29-18)13-17-8-5-4-6-9-17/h4-11H,12-14H2,1-3H3. The molecule has 0 fully saturated rings. The Kier molecular flexibility index (Phi) is 5.85. The molecule has 7 nitrogen and oxygen atoms in total. The van der Waals surface area contributed by atoms with Crippen molar-refractivity contribution in [2.24, 2.45) is 0 Å². The highest BCUT2D eigenvalue weighted by Crippen LogP contribution is 2.19. The van der Waals surface area contributed by atoms with Gasteiger partial charge in [-0.05, 0) is 37.8 Å². The highest BCUT2D eigenvalue weighted by molar-refractivity contribution is 7.98. The molecule has 0 radical (unpaired) electrons. The molecule has 0 N–H and O–H groups in total. The topological polar surface area (TPSA) is 76.5 Å². The summed E-state index contributed by atoms with van der Waals surface area (Å²) >= 11 is 1.47. The summed E-state index contributed by atoms with van der Waals surface area (Å²) < 4.78 is 7.21. The lowest BCUT2D eigenvalue weighted by Gasteiger charge is -2.23. The maximum Gasteiger partial charge on any atom is 0.253 e. The molecule has 30 heavy (non-hydrogen) atoms. The average Bonchev–Trinajstić information content (AvgIpc) is 3.41. The van der Waals surface area contributed by atoms with E-state index in [-0.39, 0.29) is 12.3 Å². The van der Waals surface area contributed by atoms with E-state index in [1.54, 1.807) is 10.8 Å². The van der Waals surface area contributed by atoms with E-state index in [2.05, 4.69) is 15.1 Å². The first-order valence-corrected chi connectivity index (χ1v) is 10.9. The second kappa shape index (κ2) is 8.71. The molecule has 3 aromatic heterocycles. The molecule has 154 valence electrons. The molecule has 4 aromatic rings. The van der Waals surface area contributed by atoms with Crippen molar-refractivity contribution >= 4 is 23.4 Å². The van der Waals surface area contributed by atoms with Crippen LogP contribution in [-0.2, 0) is 24.3 Å². The van der Waals surface area contributed by atoms with Gasteiger partial charge in [-0.2, -0.15) is 4.98 Å². The molecule has 0 saturated heterocycles. The van der Waals surface area contributed by atoms with Gasteiger partial charge in [0.05, 0.1) is 19.2 Å². The third-order valence-corrected chi connectivity index (χ3v) is 5.57. The van der Waals surface area contributed by atoms with Gasteiger partial charge in [-0.1, -0.05) is 42.1 Å². The summed E-state index contributed by atoms with van der Waals surface area (Å²) in [4.78, 5) is 24.1. The van der Waals surface area contributed by atoms with Gasteiger partial charge in [-0.25, -0.2) is 9.50 Å². The van der Waals surface area contributed by atoms with Gasteiger partial charge in [0.2, 0.25) is 11.1 Å². The molecule has 0 aliphatic rings. The van der Waals surface area contributed by atoms with E-state index in [9.17, 15) is 4.79 Å². The number of aromatic nitrogens is 4. The first-order valence-electron chi connectivity index (χ1n) is 9.66. The Morgan fingerprint density at radius 1 is 1.10 bits per heavy atom. The Bertz CT molecular complexity index is 1160. The Morgan fingerprint density at radius 2 is 1.90 bits per heavy atom. The van der Waals surface area contributed by atoms with Crippen LogP contribution < -0.4 is 0 Å². The van der Waals surface area contributed by atoms with E-state index in [1.807, 2.05) is 67.5 Å². The normalized spacial score (nSPS) is 11.2.